The van der Waals surface area contributed by atoms with Gasteiger partial charge in [-0.15, -0.1) is 0 Å². The molecule has 0 amide bonds. The second kappa shape index (κ2) is 6.47. The molecule has 5 heteroatoms. The average molecular weight is 306 g/mol. The Labute approximate surface area is 125 Å². The first kappa shape index (κ1) is 15.8. The lowest BCUT2D eigenvalue weighted by molar-refractivity contribution is -0.134. The molecule has 0 aliphatic heterocycles. The highest BCUT2D eigenvalue weighted by Gasteiger charge is 2.11. The molecular weight excluding hydrogens is 293 g/mol. The summed E-state index contributed by atoms with van der Waals surface area (Å²) in [6.07, 6.45) is 1.27. The summed E-state index contributed by atoms with van der Waals surface area (Å²) in [5.41, 5.74) is 1.47. The van der Waals surface area contributed by atoms with E-state index in [2.05, 4.69) is 4.74 Å². The number of benzene rings is 2. The molecule has 0 unspecified atom stereocenters. The third-order valence-electron chi connectivity index (χ3n) is 3.19. The van der Waals surface area contributed by atoms with E-state index in [0.717, 1.165) is 12.1 Å². The lowest BCUT2D eigenvalue weighted by atomic mass is 9.99. The Morgan fingerprint density at radius 2 is 1.68 bits per heavy atom. The highest BCUT2D eigenvalue weighted by molar-refractivity contribution is 5.91. The summed E-state index contributed by atoms with van der Waals surface area (Å²) in [5, 5.41) is 0. The van der Waals surface area contributed by atoms with Crippen LogP contribution in [-0.4, -0.2) is 13.1 Å². The van der Waals surface area contributed by atoms with Gasteiger partial charge in [-0.05, 0) is 47.9 Å². The van der Waals surface area contributed by atoms with Crippen LogP contribution in [0.3, 0.4) is 0 Å². The third-order valence-corrected chi connectivity index (χ3v) is 3.19. The first-order valence-corrected chi connectivity index (χ1v) is 6.44. The van der Waals surface area contributed by atoms with Gasteiger partial charge in [0.25, 0.3) is 0 Å². The van der Waals surface area contributed by atoms with Gasteiger partial charge < -0.3 is 4.74 Å². The fourth-order valence-corrected chi connectivity index (χ4v) is 1.97. The van der Waals surface area contributed by atoms with E-state index in [-0.39, 0.29) is 11.1 Å². The number of esters is 1. The highest BCUT2D eigenvalue weighted by Crippen LogP contribution is 2.28. The fraction of sp³-hybridized carbons (Fsp3) is 0.118. The zero-order valence-corrected chi connectivity index (χ0v) is 12.0. The molecule has 0 fully saturated rings. The van der Waals surface area contributed by atoms with Crippen molar-refractivity contribution in [2.24, 2.45) is 0 Å². The molecule has 2 aromatic rings. The standard InChI is InChI=1S/C17H13F3O2/c1-10(7-17(21)22-2)11-3-5-14(18)13(8-11)12-4-6-15(19)16(20)9-12/h3-9H,1-2H3/b10-7+. The molecule has 22 heavy (non-hydrogen) atoms. The van der Waals surface area contributed by atoms with Gasteiger partial charge >= 0.3 is 5.97 Å². The van der Waals surface area contributed by atoms with E-state index < -0.39 is 23.4 Å². The maximum Gasteiger partial charge on any atom is 0.330 e. The zero-order chi connectivity index (χ0) is 16.3. The lowest BCUT2D eigenvalue weighted by Gasteiger charge is -2.08. The van der Waals surface area contributed by atoms with E-state index >= 15 is 0 Å². The van der Waals surface area contributed by atoms with Crippen molar-refractivity contribution in [1.29, 1.82) is 0 Å². The van der Waals surface area contributed by atoms with Gasteiger partial charge in [0.1, 0.15) is 5.82 Å². The van der Waals surface area contributed by atoms with E-state index in [4.69, 9.17) is 0 Å². The SMILES string of the molecule is COC(=O)/C=C(\C)c1ccc(F)c(-c2ccc(F)c(F)c2)c1. The predicted octanol–water partition coefficient (Wildman–Crippen LogP) is 4.35. The maximum absolute atomic E-state index is 14.0. The van der Waals surface area contributed by atoms with Crippen LogP contribution < -0.4 is 0 Å². The minimum absolute atomic E-state index is 0.119. The Balaban J connectivity index is 2.49. The minimum atomic E-state index is -1.05. The van der Waals surface area contributed by atoms with E-state index in [9.17, 15) is 18.0 Å². The van der Waals surface area contributed by atoms with E-state index in [1.165, 1.54) is 37.5 Å². The smallest absolute Gasteiger partial charge is 0.330 e. The predicted molar refractivity (Wildman–Crippen MR) is 77.4 cm³/mol. The number of rotatable bonds is 3. The highest BCUT2D eigenvalue weighted by atomic mass is 19.2. The van der Waals surface area contributed by atoms with E-state index in [1.54, 1.807) is 6.92 Å². The summed E-state index contributed by atoms with van der Waals surface area (Å²) in [5.74, 6) is -3.15. The maximum atomic E-state index is 14.0. The Hall–Kier alpha value is -2.56. The normalized spacial score (nSPS) is 11.4. The first-order valence-electron chi connectivity index (χ1n) is 6.44. The molecule has 0 N–H and O–H groups in total. The van der Waals surface area contributed by atoms with Crippen molar-refractivity contribution >= 4 is 11.5 Å². The number of carbonyl (C=O) groups excluding carboxylic acids is 1. The largest absolute Gasteiger partial charge is 0.466 e. The van der Waals surface area contributed by atoms with Gasteiger partial charge in [-0.2, -0.15) is 0 Å². The van der Waals surface area contributed by atoms with Crippen LogP contribution in [0.4, 0.5) is 13.2 Å². The number of ether oxygens (including phenoxy) is 1. The molecule has 0 bridgehead atoms. The Morgan fingerprint density at radius 1 is 1.00 bits per heavy atom. The van der Waals surface area contributed by atoms with Crippen LogP contribution in [-0.2, 0) is 9.53 Å². The van der Waals surface area contributed by atoms with Gasteiger partial charge in [-0.25, -0.2) is 18.0 Å². The molecule has 2 rings (SSSR count). The summed E-state index contributed by atoms with van der Waals surface area (Å²) in [7, 11) is 1.25. The zero-order valence-electron chi connectivity index (χ0n) is 12.0. The molecule has 0 spiro atoms. The van der Waals surface area contributed by atoms with E-state index in [0.29, 0.717) is 11.1 Å². The number of methoxy groups -OCH3 is 1. The summed E-state index contributed by atoms with van der Waals surface area (Å²) < 4.78 is 44.8. The summed E-state index contributed by atoms with van der Waals surface area (Å²) in [6, 6.07) is 7.33. The van der Waals surface area contributed by atoms with Crippen LogP contribution in [0.5, 0.6) is 0 Å². The lowest BCUT2D eigenvalue weighted by Crippen LogP contribution is -1.96. The number of hydrogen-bond acceptors (Lipinski definition) is 2. The van der Waals surface area contributed by atoms with Gasteiger partial charge in [-0.1, -0.05) is 12.1 Å². The van der Waals surface area contributed by atoms with Gasteiger partial charge in [0.05, 0.1) is 7.11 Å². The molecule has 0 heterocycles. The molecule has 2 aromatic carbocycles. The Kier molecular flexibility index (Phi) is 4.65. The van der Waals surface area contributed by atoms with E-state index in [1.807, 2.05) is 0 Å². The number of halogens is 3. The van der Waals surface area contributed by atoms with Crippen LogP contribution in [0.2, 0.25) is 0 Å². The van der Waals surface area contributed by atoms with Crippen molar-refractivity contribution in [2.45, 2.75) is 6.92 Å². The van der Waals surface area contributed by atoms with Crippen LogP contribution in [0.25, 0.3) is 16.7 Å². The summed E-state index contributed by atoms with van der Waals surface area (Å²) in [6.45, 7) is 1.67. The molecule has 0 saturated carbocycles. The third kappa shape index (κ3) is 3.36. The first-order chi connectivity index (χ1) is 10.4. The van der Waals surface area contributed by atoms with Crippen LogP contribution >= 0.6 is 0 Å². The Bertz CT molecular complexity index is 752. The van der Waals surface area contributed by atoms with Gasteiger partial charge in [0.15, 0.2) is 11.6 Å². The summed E-state index contributed by atoms with van der Waals surface area (Å²) >= 11 is 0. The van der Waals surface area contributed by atoms with Crippen LogP contribution in [0, 0.1) is 17.5 Å². The number of allylic oxidation sites excluding steroid dienone is 1. The fourth-order valence-electron chi connectivity index (χ4n) is 1.97. The second-order valence-corrected chi connectivity index (χ2v) is 4.67. The molecule has 2 nitrogen and oxygen atoms in total. The molecule has 0 aliphatic carbocycles. The molecule has 0 radical (unpaired) electrons. The number of carbonyl (C=O) groups is 1. The summed E-state index contributed by atoms with van der Waals surface area (Å²) in [4.78, 5) is 11.2. The molecular formula is C17H13F3O2. The molecule has 0 saturated heterocycles. The molecule has 0 aliphatic rings. The quantitative estimate of drug-likeness (QED) is 0.622. The van der Waals surface area contributed by atoms with Gasteiger partial charge in [0.2, 0.25) is 0 Å². The Morgan fingerprint density at radius 3 is 2.32 bits per heavy atom. The minimum Gasteiger partial charge on any atom is -0.466 e. The van der Waals surface area contributed by atoms with Crippen LogP contribution in [0.15, 0.2) is 42.5 Å². The molecule has 114 valence electrons. The van der Waals surface area contributed by atoms with Crippen molar-refractivity contribution in [1.82, 2.24) is 0 Å². The van der Waals surface area contributed by atoms with Crippen molar-refractivity contribution in [3.05, 3.63) is 65.5 Å². The average Bonchev–Trinajstić information content (AvgIpc) is 2.50. The topological polar surface area (TPSA) is 26.3 Å². The van der Waals surface area contributed by atoms with Gasteiger partial charge in [0, 0.05) is 11.6 Å². The second-order valence-electron chi connectivity index (χ2n) is 4.67. The molecule has 0 atom stereocenters. The van der Waals surface area contributed by atoms with Crippen molar-refractivity contribution in [3.8, 4) is 11.1 Å². The van der Waals surface area contributed by atoms with Crippen molar-refractivity contribution in [3.63, 3.8) is 0 Å². The molecule has 0 aromatic heterocycles. The van der Waals surface area contributed by atoms with Crippen LogP contribution in [0.1, 0.15) is 12.5 Å². The van der Waals surface area contributed by atoms with Gasteiger partial charge in [-0.3, -0.25) is 0 Å². The monoisotopic (exact) mass is 306 g/mol. The van der Waals surface area contributed by atoms with Crippen molar-refractivity contribution < 1.29 is 22.7 Å². The van der Waals surface area contributed by atoms with Crippen molar-refractivity contribution in [2.75, 3.05) is 7.11 Å². The number of hydrogen-bond donors (Lipinski definition) is 0.